The van der Waals surface area contributed by atoms with Gasteiger partial charge in [-0.25, -0.2) is 0 Å². The second-order valence-electron chi connectivity index (χ2n) is 13.0. The molecule has 10 aromatic rings. The molecule has 0 atom stereocenters. The number of benzene rings is 9. The minimum Gasteiger partial charge on any atom is -0.455 e. The van der Waals surface area contributed by atoms with Gasteiger partial charge in [-0.15, -0.1) is 0 Å². The highest BCUT2D eigenvalue weighted by Crippen LogP contribution is 2.54. The first-order valence-corrected chi connectivity index (χ1v) is 16.4. The predicted octanol–water partition coefficient (Wildman–Crippen LogP) is 14.3. The van der Waals surface area contributed by atoms with Gasteiger partial charge in [-0.2, -0.15) is 0 Å². The van der Waals surface area contributed by atoms with Crippen LogP contribution < -0.4 is 0 Å². The van der Waals surface area contributed by atoms with Crippen LogP contribution in [0.5, 0.6) is 0 Å². The summed E-state index contributed by atoms with van der Waals surface area (Å²) in [6, 6.07) is -22.1. The third-order valence-corrected chi connectivity index (χ3v) is 9.76. The van der Waals surface area contributed by atoms with Crippen molar-refractivity contribution < 1.29 is 42.8 Å². The van der Waals surface area contributed by atoms with Gasteiger partial charge in [-0.1, -0.05) is 165 Å². The first-order valence-electron chi connectivity index (χ1n) is 30.4. The molecule has 0 N–H and O–H groups in total. The van der Waals surface area contributed by atoms with Crippen molar-refractivity contribution in [3.8, 4) is 33.4 Å². The molecule has 9 aromatic carbocycles. The number of rotatable bonds is 4. The van der Waals surface area contributed by atoms with E-state index >= 15 is 0 Å². The zero-order valence-electron chi connectivity index (χ0n) is 55.6. The monoisotopic (exact) mass is 704 g/mol. The molecule has 1 nitrogen and oxygen atoms in total. The largest absolute Gasteiger partial charge is 0.455 e. The highest BCUT2D eigenvalue weighted by Gasteiger charge is 2.37. The van der Waals surface area contributed by atoms with E-state index < -0.39 is 258 Å². The Bertz CT molecular complexity index is 4620. The van der Waals surface area contributed by atoms with Gasteiger partial charge in [0.2, 0.25) is 0 Å². The molecule has 0 saturated carbocycles. The Kier molecular flexibility index (Phi) is 2.88. The van der Waals surface area contributed by atoms with E-state index in [-0.39, 0.29) is 33.0 Å². The van der Waals surface area contributed by atoms with Crippen LogP contribution in [0, 0.1) is 0 Å². The number of furan rings is 1. The van der Waals surface area contributed by atoms with Gasteiger partial charge in [0.25, 0.3) is 0 Å². The molecule has 0 radical (unpaired) electrons. The topological polar surface area (TPSA) is 13.1 Å². The lowest BCUT2D eigenvalue weighted by molar-refractivity contribution is 0.660. The standard InChI is InChI=1S/C52H36O/c1-52(2)46-20-10-9-18-42(46)50-43(19-11-21-47(50)52)49-39-16-7-5-14-37(39)44(38-15-6-8-17-40(38)49)30-32-22-24-33(25-23-32)35-27-29-48-45(31-35)41-28-26-34-12-3-4-13-36(34)51(41)53-48/h3-29,31H,30H2,1-2H3/i3D,4D,5D,6D,7D,8D,9D,10D,11D,12D,13D,14D,15D,16D,17D,18D,19D,20D,21D,22D,23D,24D,25D,26D,27D,28D,29D,31D. The average Bonchev–Trinajstić information content (AvgIpc) is 1.96. The van der Waals surface area contributed by atoms with E-state index in [1.54, 1.807) is 0 Å². The SMILES string of the molecule is [2H]c1c([2H])c([2H])c2c(c1[2H])-c1c(-c3c4c([2H])c([2H])c([2H])c([2H])c4c(Cc4c([2H])c([2H])c(-c5c([2H])c([2H])c6oc7c8c([2H])c([2H])c([2H])c([2H])c8c([2H])c([2H])c7c6c5[2H])c([2H])c4[2H])c4c([2H])c([2H])c([2H])c([2H])c34)c([2H])c([2H])c([2H])c1C2(C)C. The van der Waals surface area contributed by atoms with Crippen LogP contribution in [0.4, 0.5) is 0 Å². The molecule has 1 aliphatic carbocycles. The maximum absolute atomic E-state index is 9.59. The van der Waals surface area contributed by atoms with Crippen LogP contribution in [0.3, 0.4) is 0 Å². The van der Waals surface area contributed by atoms with E-state index in [1.165, 1.54) is 13.8 Å². The highest BCUT2D eigenvalue weighted by atomic mass is 16.3. The molecule has 1 heterocycles. The Labute approximate surface area is 348 Å². The maximum Gasteiger partial charge on any atom is 0.143 e. The highest BCUT2D eigenvalue weighted by molar-refractivity contribution is 6.18. The first kappa shape index (κ1) is 13.5. The number of hydrogen-bond acceptors (Lipinski definition) is 1. The van der Waals surface area contributed by atoms with Gasteiger partial charge >= 0.3 is 0 Å². The fraction of sp³-hybridized carbons (Fsp3) is 0.0769. The number of fused-ring (bicyclic) bond motifs is 10. The molecule has 0 fully saturated rings. The summed E-state index contributed by atoms with van der Waals surface area (Å²) in [5.41, 5.74) is -6.47. The second kappa shape index (κ2) is 11.3. The zero-order valence-corrected chi connectivity index (χ0v) is 27.6. The molecular formula is C52H36O. The van der Waals surface area contributed by atoms with Crippen molar-refractivity contribution in [2.75, 3.05) is 0 Å². The first-order chi connectivity index (χ1) is 37.7. The Morgan fingerprint density at radius 1 is 0.472 bits per heavy atom. The minimum absolute atomic E-state index is 0.0497. The van der Waals surface area contributed by atoms with E-state index in [4.69, 9.17) is 25.0 Å². The number of hydrogen-bond donors (Lipinski definition) is 0. The molecule has 1 heteroatoms. The summed E-state index contributed by atoms with van der Waals surface area (Å²) in [6.07, 6.45) is -0.915. The van der Waals surface area contributed by atoms with Crippen LogP contribution in [-0.4, -0.2) is 0 Å². The van der Waals surface area contributed by atoms with Gasteiger partial charge in [-0.3, -0.25) is 0 Å². The molecule has 250 valence electrons. The van der Waals surface area contributed by atoms with Crippen LogP contribution in [0.1, 0.15) is 74.5 Å². The average molecular weight is 705 g/mol. The van der Waals surface area contributed by atoms with Crippen molar-refractivity contribution in [2.45, 2.75) is 25.7 Å². The van der Waals surface area contributed by atoms with Gasteiger partial charge in [0.1, 0.15) is 11.2 Å². The summed E-state index contributed by atoms with van der Waals surface area (Å²) in [6.45, 7) is 3.06. The Morgan fingerprint density at radius 3 is 1.87 bits per heavy atom. The summed E-state index contributed by atoms with van der Waals surface area (Å²) >= 11 is 0. The van der Waals surface area contributed by atoms with Crippen molar-refractivity contribution in [2.24, 2.45) is 0 Å². The molecule has 0 bridgehead atoms. The molecule has 1 aliphatic rings. The third kappa shape index (κ3) is 4.44. The maximum atomic E-state index is 9.59. The van der Waals surface area contributed by atoms with Gasteiger partial charge in [0.05, 0.1) is 38.4 Å². The lowest BCUT2D eigenvalue weighted by Gasteiger charge is -2.22. The van der Waals surface area contributed by atoms with Crippen LogP contribution in [0.15, 0.2) is 174 Å². The van der Waals surface area contributed by atoms with Gasteiger partial charge in [-0.05, 0) is 107 Å². The Hall–Kier alpha value is -6.44. The van der Waals surface area contributed by atoms with Gasteiger partial charge in [0, 0.05) is 21.6 Å². The lowest BCUT2D eigenvalue weighted by atomic mass is 9.81. The van der Waals surface area contributed by atoms with E-state index in [2.05, 4.69) is 0 Å². The normalized spacial score (nSPS) is 20.7. The summed E-state index contributed by atoms with van der Waals surface area (Å²) in [5, 5.41) is -3.72. The van der Waals surface area contributed by atoms with Crippen LogP contribution in [0.2, 0.25) is 0 Å². The fourth-order valence-corrected chi connectivity index (χ4v) is 7.30. The minimum atomic E-state index is -1.52. The van der Waals surface area contributed by atoms with Crippen molar-refractivity contribution in [1.29, 1.82) is 0 Å². The quantitative estimate of drug-likeness (QED) is 0.166. The second-order valence-corrected chi connectivity index (χ2v) is 13.0. The van der Waals surface area contributed by atoms with Crippen molar-refractivity contribution >= 4 is 54.3 Å². The van der Waals surface area contributed by atoms with Crippen molar-refractivity contribution in [3.63, 3.8) is 0 Å². The molecule has 0 spiro atoms. The van der Waals surface area contributed by atoms with E-state index in [9.17, 15) is 17.8 Å². The fourth-order valence-electron chi connectivity index (χ4n) is 7.30. The van der Waals surface area contributed by atoms with E-state index in [0.29, 0.717) is 0 Å². The zero-order chi connectivity index (χ0) is 59.6. The predicted molar refractivity (Wildman–Crippen MR) is 224 cm³/mol. The van der Waals surface area contributed by atoms with Crippen molar-refractivity contribution in [3.05, 3.63) is 191 Å². The van der Waals surface area contributed by atoms with Gasteiger partial charge in [0.15, 0.2) is 0 Å². The molecular weight excluding hydrogens is 641 g/mol. The van der Waals surface area contributed by atoms with E-state index in [0.717, 1.165) is 0 Å². The molecule has 11 rings (SSSR count). The summed E-state index contributed by atoms with van der Waals surface area (Å²) in [4.78, 5) is 0. The molecule has 0 amide bonds. The Morgan fingerprint density at radius 2 is 1.09 bits per heavy atom. The molecule has 53 heavy (non-hydrogen) atoms. The molecule has 0 unspecified atom stereocenters. The van der Waals surface area contributed by atoms with Crippen LogP contribution in [0.25, 0.3) is 87.6 Å². The summed E-state index contributed by atoms with van der Waals surface area (Å²) in [5.74, 6) is 0. The molecule has 0 saturated heterocycles. The van der Waals surface area contributed by atoms with Crippen molar-refractivity contribution in [1.82, 2.24) is 0 Å². The van der Waals surface area contributed by atoms with Gasteiger partial charge < -0.3 is 4.42 Å². The smallest absolute Gasteiger partial charge is 0.143 e. The Balaban J connectivity index is 1.26. The molecule has 1 aromatic heterocycles. The van der Waals surface area contributed by atoms with Crippen LogP contribution >= 0.6 is 0 Å². The van der Waals surface area contributed by atoms with E-state index in [1.807, 2.05) is 0 Å². The summed E-state index contributed by atoms with van der Waals surface area (Å²) in [7, 11) is 0. The van der Waals surface area contributed by atoms with Crippen LogP contribution in [-0.2, 0) is 11.8 Å². The third-order valence-electron chi connectivity index (χ3n) is 9.76. The summed E-state index contributed by atoms with van der Waals surface area (Å²) < 4.78 is 260. The molecule has 0 aliphatic heterocycles. The lowest BCUT2D eigenvalue weighted by Crippen LogP contribution is -2.14.